The van der Waals surface area contributed by atoms with Gasteiger partial charge in [0.1, 0.15) is 5.75 Å². The van der Waals surface area contributed by atoms with Crippen molar-refractivity contribution in [3.63, 3.8) is 0 Å². The van der Waals surface area contributed by atoms with Gasteiger partial charge in [-0.3, -0.25) is 0 Å². The summed E-state index contributed by atoms with van der Waals surface area (Å²) in [7, 11) is 0. The largest absolute Gasteiger partial charge is 0.507 e. The fourth-order valence-corrected chi connectivity index (χ4v) is 2.25. The third-order valence-electron chi connectivity index (χ3n) is 2.43. The van der Waals surface area contributed by atoms with Crippen LogP contribution >= 0.6 is 11.3 Å². The Bertz CT molecular complexity index is 618. The lowest BCUT2D eigenvalue weighted by Crippen LogP contribution is -1.84. The number of aromatic hydroxyl groups is 1. The van der Waals surface area contributed by atoms with Crippen molar-refractivity contribution in [3.8, 4) is 28.3 Å². The number of phenols is 1. The molecular formula is C12H8N2O2S. The Morgan fingerprint density at radius 1 is 1.24 bits per heavy atom. The summed E-state index contributed by atoms with van der Waals surface area (Å²) in [6, 6.07) is 7.02. The minimum atomic E-state index is 0.185. The van der Waals surface area contributed by atoms with Crippen LogP contribution in [0.1, 0.15) is 0 Å². The van der Waals surface area contributed by atoms with E-state index < -0.39 is 0 Å². The molecule has 0 unspecified atom stereocenters. The number of hydrogen-bond donors (Lipinski definition) is 1. The Labute approximate surface area is 101 Å². The monoisotopic (exact) mass is 244 g/mol. The maximum Gasteiger partial charge on any atom is 0.167 e. The van der Waals surface area contributed by atoms with Crippen LogP contribution in [0.3, 0.4) is 0 Å². The van der Waals surface area contributed by atoms with Crippen LogP contribution in [0.15, 0.2) is 45.9 Å². The van der Waals surface area contributed by atoms with Gasteiger partial charge in [-0.25, -0.2) is 4.98 Å². The molecule has 2 heterocycles. The van der Waals surface area contributed by atoms with Gasteiger partial charge in [0.25, 0.3) is 0 Å². The molecule has 0 saturated carbocycles. The molecule has 5 heteroatoms. The molecule has 0 atom stereocenters. The summed E-state index contributed by atoms with van der Waals surface area (Å²) in [4.78, 5) is 4.21. The predicted molar refractivity (Wildman–Crippen MR) is 64.7 cm³/mol. The number of hydrogen-bond acceptors (Lipinski definition) is 5. The Hall–Kier alpha value is -2.14. The molecule has 0 aliphatic rings. The second-order valence-corrected chi connectivity index (χ2v) is 4.17. The molecule has 0 radical (unpaired) electrons. The quantitative estimate of drug-likeness (QED) is 0.752. The standard InChI is InChI=1S/C12H8N2O2S/c15-10-3-1-2-8(11-4-5-14-16-11)12(10)9-6-17-7-13-9/h1-7,15H. The smallest absolute Gasteiger partial charge is 0.167 e. The van der Waals surface area contributed by atoms with E-state index >= 15 is 0 Å². The van der Waals surface area contributed by atoms with Gasteiger partial charge in [-0.2, -0.15) is 0 Å². The third-order valence-corrected chi connectivity index (χ3v) is 3.02. The molecule has 3 aromatic rings. The summed E-state index contributed by atoms with van der Waals surface area (Å²) in [5.41, 5.74) is 3.92. The highest BCUT2D eigenvalue weighted by atomic mass is 32.1. The van der Waals surface area contributed by atoms with E-state index in [2.05, 4.69) is 10.1 Å². The van der Waals surface area contributed by atoms with Gasteiger partial charge >= 0.3 is 0 Å². The second-order valence-electron chi connectivity index (χ2n) is 3.45. The number of aromatic nitrogens is 2. The number of phenolic OH excluding ortho intramolecular Hbond substituents is 1. The zero-order chi connectivity index (χ0) is 11.7. The van der Waals surface area contributed by atoms with E-state index in [9.17, 15) is 5.11 Å². The molecule has 0 aliphatic heterocycles. The molecule has 3 rings (SSSR count). The minimum Gasteiger partial charge on any atom is -0.507 e. The van der Waals surface area contributed by atoms with Crippen LogP contribution in [0.4, 0.5) is 0 Å². The molecule has 0 fully saturated rings. The topological polar surface area (TPSA) is 59.2 Å². The van der Waals surface area contributed by atoms with Crippen molar-refractivity contribution in [1.29, 1.82) is 0 Å². The lowest BCUT2D eigenvalue weighted by Gasteiger charge is -2.06. The highest BCUT2D eigenvalue weighted by Gasteiger charge is 2.15. The summed E-state index contributed by atoms with van der Waals surface area (Å²) < 4.78 is 5.13. The van der Waals surface area contributed by atoms with E-state index in [1.165, 1.54) is 11.3 Å². The van der Waals surface area contributed by atoms with Gasteiger partial charge in [0.05, 0.1) is 23.0 Å². The van der Waals surface area contributed by atoms with Crippen LogP contribution < -0.4 is 0 Å². The van der Waals surface area contributed by atoms with Crippen LogP contribution in [0.2, 0.25) is 0 Å². The van der Waals surface area contributed by atoms with Crippen molar-refractivity contribution in [2.45, 2.75) is 0 Å². The fraction of sp³-hybridized carbons (Fsp3) is 0. The van der Waals surface area contributed by atoms with E-state index in [0.29, 0.717) is 11.3 Å². The normalized spacial score (nSPS) is 10.6. The van der Waals surface area contributed by atoms with Crippen molar-refractivity contribution in [2.75, 3.05) is 0 Å². The molecule has 84 valence electrons. The highest BCUT2D eigenvalue weighted by Crippen LogP contribution is 2.37. The molecule has 0 bridgehead atoms. The average molecular weight is 244 g/mol. The minimum absolute atomic E-state index is 0.185. The maximum atomic E-state index is 9.96. The van der Waals surface area contributed by atoms with Crippen molar-refractivity contribution >= 4 is 11.3 Å². The van der Waals surface area contributed by atoms with Gasteiger partial charge < -0.3 is 9.63 Å². The van der Waals surface area contributed by atoms with E-state index in [4.69, 9.17) is 4.52 Å². The fourth-order valence-electron chi connectivity index (χ4n) is 1.71. The van der Waals surface area contributed by atoms with Gasteiger partial charge in [-0.1, -0.05) is 17.3 Å². The molecule has 2 aromatic heterocycles. The maximum absolute atomic E-state index is 9.96. The SMILES string of the molecule is Oc1cccc(-c2ccno2)c1-c1cscn1. The Morgan fingerprint density at radius 3 is 2.88 bits per heavy atom. The molecule has 4 nitrogen and oxygen atoms in total. The van der Waals surface area contributed by atoms with E-state index in [1.807, 2.05) is 11.4 Å². The van der Waals surface area contributed by atoms with Gasteiger partial charge in [-0.05, 0) is 6.07 Å². The molecule has 1 aromatic carbocycles. The second kappa shape index (κ2) is 4.03. The van der Waals surface area contributed by atoms with Crippen LogP contribution in [0, 0.1) is 0 Å². The summed E-state index contributed by atoms with van der Waals surface area (Å²) in [6.07, 6.45) is 1.57. The number of rotatable bonds is 2. The first-order chi connectivity index (χ1) is 8.36. The number of nitrogens with zero attached hydrogens (tertiary/aromatic N) is 2. The first kappa shape index (κ1) is 10.0. The van der Waals surface area contributed by atoms with E-state index in [1.54, 1.807) is 29.9 Å². The first-order valence-corrected chi connectivity index (χ1v) is 5.92. The van der Waals surface area contributed by atoms with Gasteiger partial charge in [0.15, 0.2) is 5.76 Å². The van der Waals surface area contributed by atoms with Gasteiger partial charge in [0.2, 0.25) is 0 Å². The average Bonchev–Trinajstić information content (AvgIpc) is 3.02. The van der Waals surface area contributed by atoms with E-state index in [0.717, 1.165) is 11.3 Å². The molecule has 1 N–H and O–H groups in total. The number of benzene rings is 1. The lowest BCUT2D eigenvalue weighted by atomic mass is 10.0. The van der Waals surface area contributed by atoms with Gasteiger partial charge in [0, 0.05) is 17.0 Å². The molecule has 17 heavy (non-hydrogen) atoms. The molecular weight excluding hydrogens is 236 g/mol. The van der Waals surface area contributed by atoms with Crippen LogP contribution in [0.25, 0.3) is 22.6 Å². The summed E-state index contributed by atoms with van der Waals surface area (Å²) in [5, 5.41) is 15.5. The predicted octanol–water partition coefficient (Wildman–Crippen LogP) is 3.17. The van der Waals surface area contributed by atoms with E-state index in [-0.39, 0.29) is 5.75 Å². The van der Waals surface area contributed by atoms with Gasteiger partial charge in [-0.15, -0.1) is 11.3 Å². The van der Waals surface area contributed by atoms with Crippen molar-refractivity contribution < 1.29 is 9.63 Å². The highest BCUT2D eigenvalue weighted by molar-refractivity contribution is 7.07. The van der Waals surface area contributed by atoms with Crippen molar-refractivity contribution in [3.05, 3.63) is 41.4 Å². The zero-order valence-corrected chi connectivity index (χ0v) is 9.52. The van der Waals surface area contributed by atoms with Crippen molar-refractivity contribution in [2.24, 2.45) is 0 Å². The Balaban J connectivity index is 2.26. The third kappa shape index (κ3) is 1.70. The Morgan fingerprint density at radius 2 is 2.18 bits per heavy atom. The Kier molecular flexibility index (Phi) is 2.38. The molecule has 0 amide bonds. The molecule has 0 aliphatic carbocycles. The number of thiazole rings is 1. The summed E-state index contributed by atoms with van der Waals surface area (Å²) in [5.74, 6) is 0.800. The molecule has 0 saturated heterocycles. The molecule has 0 spiro atoms. The van der Waals surface area contributed by atoms with Crippen LogP contribution in [-0.2, 0) is 0 Å². The van der Waals surface area contributed by atoms with Crippen molar-refractivity contribution in [1.82, 2.24) is 10.1 Å². The first-order valence-electron chi connectivity index (χ1n) is 4.98. The van der Waals surface area contributed by atoms with Crippen LogP contribution in [-0.4, -0.2) is 15.2 Å². The zero-order valence-electron chi connectivity index (χ0n) is 8.70. The summed E-state index contributed by atoms with van der Waals surface area (Å²) >= 11 is 1.48. The van der Waals surface area contributed by atoms with Crippen LogP contribution in [0.5, 0.6) is 5.75 Å². The summed E-state index contributed by atoms with van der Waals surface area (Å²) in [6.45, 7) is 0. The lowest BCUT2D eigenvalue weighted by molar-refractivity contribution is 0.431.